The highest BCUT2D eigenvalue weighted by Gasteiger charge is 2.43. The van der Waals surface area contributed by atoms with E-state index in [0.717, 1.165) is 13.0 Å². The molecule has 0 radical (unpaired) electrons. The lowest BCUT2D eigenvalue weighted by molar-refractivity contribution is -0.147. The summed E-state index contributed by atoms with van der Waals surface area (Å²) in [7, 11) is 0. The van der Waals surface area contributed by atoms with Crippen molar-refractivity contribution in [1.82, 2.24) is 9.80 Å². The second kappa shape index (κ2) is 4.77. The lowest BCUT2D eigenvalue weighted by Crippen LogP contribution is -2.45. The van der Waals surface area contributed by atoms with E-state index in [1.165, 1.54) is 10.4 Å². The molecule has 3 heterocycles. The number of amides is 2. The second-order valence-electron chi connectivity index (χ2n) is 5.86. The number of nitrogens with zero attached hydrogens (tertiary/aromatic N) is 2. The fourth-order valence-corrected chi connectivity index (χ4v) is 3.80. The van der Waals surface area contributed by atoms with Gasteiger partial charge >= 0.3 is 12.0 Å². The van der Waals surface area contributed by atoms with Gasteiger partial charge in [-0.3, -0.25) is 4.79 Å². The Bertz CT molecular complexity index is 556. The number of rotatable bonds is 1. The molecule has 1 aromatic rings. The summed E-state index contributed by atoms with van der Waals surface area (Å²) in [5.74, 6) is -0.813. The molecule has 0 aliphatic carbocycles. The number of aliphatic carboxylic acids is 1. The summed E-state index contributed by atoms with van der Waals surface area (Å²) in [5.41, 5.74) is 0.439. The van der Waals surface area contributed by atoms with Crippen LogP contribution in [-0.4, -0.2) is 46.5 Å². The number of urea groups is 1. The Morgan fingerprint density at radius 1 is 1.35 bits per heavy atom. The molecule has 0 spiro atoms. The quantitative estimate of drug-likeness (QED) is 0.862. The standard InChI is InChI=1S/C14H18N2O3S/c1-14(12(17)18)4-6-16(9-14)13(19)15-5-2-11-10(8-15)3-7-20-11/h3,7H,2,4-6,8-9H2,1H3,(H,17,18). The fourth-order valence-electron chi connectivity index (χ4n) is 2.91. The highest BCUT2D eigenvalue weighted by Crippen LogP contribution is 2.32. The Balaban J connectivity index is 1.68. The predicted octanol–water partition coefficient (Wildman–Crippen LogP) is 2.02. The van der Waals surface area contributed by atoms with Gasteiger partial charge in [0.2, 0.25) is 0 Å². The fraction of sp³-hybridized carbons (Fsp3) is 0.571. The molecule has 1 aromatic heterocycles. The maximum atomic E-state index is 12.5. The molecule has 20 heavy (non-hydrogen) atoms. The zero-order valence-electron chi connectivity index (χ0n) is 11.5. The van der Waals surface area contributed by atoms with Crippen LogP contribution in [0.5, 0.6) is 0 Å². The van der Waals surface area contributed by atoms with Crippen molar-refractivity contribution in [2.75, 3.05) is 19.6 Å². The molecule has 1 atom stereocenters. The molecule has 1 unspecified atom stereocenters. The van der Waals surface area contributed by atoms with E-state index in [-0.39, 0.29) is 6.03 Å². The number of hydrogen-bond acceptors (Lipinski definition) is 3. The topological polar surface area (TPSA) is 60.9 Å². The minimum Gasteiger partial charge on any atom is -0.481 e. The number of likely N-dealkylation sites (tertiary alicyclic amines) is 1. The Labute approximate surface area is 121 Å². The molecule has 2 amide bonds. The molecule has 0 saturated carbocycles. The molecule has 1 saturated heterocycles. The molecular weight excluding hydrogens is 276 g/mol. The largest absolute Gasteiger partial charge is 0.481 e. The van der Waals surface area contributed by atoms with E-state index < -0.39 is 11.4 Å². The van der Waals surface area contributed by atoms with E-state index in [0.29, 0.717) is 26.1 Å². The zero-order chi connectivity index (χ0) is 14.3. The number of hydrogen-bond donors (Lipinski definition) is 1. The molecule has 6 heteroatoms. The number of fused-ring (bicyclic) bond motifs is 1. The van der Waals surface area contributed by atoms with Crippen LogP contribution in [0.15, 0.2) is 11.4 Å². The first-order valence-electron chi connectivity index (χ1n) is 6.82. The van der Waals surface area contributed by atoms with E-state index in [9.17, 15) is 14.7 Å². The van der Waals surface area contributed by atoms with Crippen molar-refractivity contribution in [3.63, 3.8) is 0 Å². The maximum absolute atomic E-state index is 12.5. The van der Waals surface area contributed by atoms with Crippen LogP contribution in [-0.2, 0) is 17.8 Å². The molecule has 0 bridgehead atoms. The van der Waals surface area contributed by atoms with Gasteiger partial charge in [0.1, 0.15) is 0 Å². The van der Waals surface area contributed by atoms with Crippen molar-refractivity contribution in [2.24, 2.45) is 5.41 Å². The van der Waals surface area contributed by atoms with Gasteiger partial charge in [-0.25, -0.2) is 4.79 Å². The third-order valence-corrected chi connectivity index (χ3v) is 5.36. The average molecular weight is 294 g/mol. The van der Waals surface area contributed by atoms with Crippen molar-refractivity contribution in [3.05, 3.63) is 21.9 Å². The smallest absolute Gasteiger partial charge is 0.320 e. The van der Waals surface area contributed by atoms with Crippen molar-refractivity contribution in [3.8, 4) is 0 Å². The summed E-state index contributed by atoms with van der Waals surface area (Å²) < 4.78 is 0. The van der Waals surface area contributed by atoms with Gasteiger partial charge in [0.05, 0.1) is 5.41 Å². The summed E-state index contributed by atoms with van der Waals surface area (Å²) >= 11 is 1.75. The van der Waals surface area contributed by atoms with Crippen LogP contribution in [0.25, 0.3) is 0 Å². The Morgan fingerprint density at radius 3 is 2.85 bits per heavy atom. The van der Waals surface area contributed by atoms with Crippen molar-refractivity contribution < 1.29 is 14.7 Å². The number of carboxylic acid groups (broad SMARTS) is 1. The molecule has 3 rings (SSSR count). The first kappa shape index (κ1) is 13.4. The van der Waals surface area contributed by atoms with Gasteiger partial charge in [0, 0.05) is 31.1 Å². The molecule has 108 valence electrons. The molecule has 1 fully saturated rings. The SMILES string of the molecule is CC1(C(=O)O)CCN(C(=O)N2CCc3sccc3C2)C1. The Kier molecular flexibility index (Phi) is 3.20. The number of carbonyl (C=O) groups excluding carboxylic acids is 1. The van der Waals surface area contributed by atoms with Crippen molar-refractivity contribution in [2.45, 2.75) is 26.3 Å². The number of carboxylic acids is 1. The predicted molar refractivity (Wildman–Crippen MR) is 75.8 cm³/mol. The first-order valence-corrected chi connectivity index (χ1v) is 7.70. The van der Waals surface area contributed by atoms with Crippen LogP contribution >= 0.6 is 11.3 Å². The lowest BCUT2D eigenvalue weighted by atomic mass is 9.90. The molecular formula is C14H18N2O3S. The second-order valence-corrected chi connectivity index (χ2v) is 6.86. The summed E-state index contributed by atoms with van der Waals surface area (Å²) in [6.45, 7) is 3.95. The van der Waals surface area contributed by atoms with E-state index in [1.807, 2.05) is 4.90 Å². The van der Waals surface area contributed by atoms with Crippen LogP contribution in [0.4, 0.5) is 4.79 Å². The minimum absolute atomic E-state index is 0.0215. The van der Waals surface area contributed by atoms with Gasteiger partial charge in [-0.05, 0) is 36.8 Å². The summed E-state index contributed by atoms with van der Waals surface area (Å²) in [6, 6.07) is 2.05. The normalized spacial score (nSPS) is 25.6. The molecule has 2 aliphatic heterocycles. The van der Waals surface area contributed by atoms with E-state index in [1.54, 1.807) is 23.2 Å². The molecule has 0 aromatic carbocycles. The van der Waals surface area contributed by atoms with Gasteiger partial charge in [-0.2, -0.15) is 0 Å². The Morgan fingerprint density at radius 2 is 2.15 bits per heavy atom. The molecule has 1 N–H and O–H groups in total. The van der Waals surface area contributed by atoms with Gasteiger partial charge in [-0.15, -0.1) is 11.3 Å². The molecule has 2 aliphatic rings. The van der Waals surface area contributed by atoms with Gasteiger partial charge in [0.25, 0.3) is 0 Å². The lowest BCUT2D eigenvalue weighted by Gasteiger charge is -2.31. The Hall–Kier alpha value is -1.56. The highest BCUT2D eigenvalue weighted by molar-refractivity contribution is 7.10. The van der Waals surface area contributed by atoms with E-state index in [4.69, 9.17) is 0 Å². The van der Waals surface area contributed by atoms with Crippen molar-refractivity contribution >= 4 is 23.3 Å². The monoisotopic (exact) mass is 294 g/mol. The maximum Gasteiger partial charge on any atom is 0.320 e. The summed E-state index contributed by atoms with van der Waals surface area (Å²) in [6.07, 6.45) is 1.44. The minimum atomic E-state index is -0.813. The van der Waals surface area contributed by atoms with Crippen LogP contribution in [0, 0.1) is 5.41 Å². The van der Waals surface area contributed by atoms with Crippen LogP contribution < -0.4 is 0 Å². The van der Waals surface area contributed by atoms with Gasteiger partial charge < -0.3 is 14.9 Å². The van der Waals surface area contributed by atoms with Gasteiger partial charge in [0.15, 0.2) is 0 Å². The third kappa shape index (κ3) is 2.18. The third-order valence-electron chi connectivity index (χ3n) is 4.34. The van der Waals surface area contributed by atoms with Crippen LogP contribution in [0.2, 0.25) is 0 Å². The molecule has 5 nitrogen and oxygen atoms in total. The average Bonchev–Trinajstić information content (AvgIpc) is 3.04. The number of thiophene rings is 1. The summed E-state index contributed by atoms with van der Waals surface area (Å²) in [5, 5.41) is 11.3. The highest BCUT2D eigenvalue weighted by atomic mass is 32.1. The van der Waals surface area contributed by atoms with E-state index >= 15 is 0 Å². The van der Waals surface area contributed by atoms with Crippen LogP contribution in [0.1, 0.15) is 23.8 Å². The van der Waals surface area contributed by atoms with E-state index in [2.05, 4.69) is 11.4 Å². The van der Waals surface area contributed by atoms with Crippen molar-refractivity contribution in [1.29, 1.82) is 0 Å². The van der Waals surface area contributed by atoms with Gasteiger partial charge in [-0.1, -0.05) is 0 Å². The summed E-state index contributed by atoms with van der Waals surface area (Å²) in [4.78, 5) is 28.6. The first-order chi connectivity index (χ1) is 9.49. The number of carbonyl (C=O) groups is 2. The zero-order valence-corrected chi connectivity index (χ0v) is 12.3. The van der Waals surface area contributed by atoms with Crippen LogP contribution in [0.3, 0.4) is 0 Å².